The molecule has 0 unspecified atom stereocenters. The minimum atomic E-state index is -0.242. The van der Waals surface area contributed by atoms with Crippen molar-refractivity contribution in [2.24, 2.45) is 7.05 Å². The number of nitrogens with one attached hydrogen (secondary N) is 1. The van der Waals surface area contributed by atoms with E-state index in [-0.39, 0.29) is 5.91 Å². The van der Waals surface area contributed by atoms with Gasteiger partial charge in [0.05, 0.1) is 11.3 Å². The van der Waals surface area contributed by atoms with Crippen molar-refractivity contribution in [1.29, 1.82) is 0 Å². The van der Waals surface area contributed by atoms with Crippen LogP contribution in [-0.2, 0) is 7.05 Å². The van der Waals surface area contributed by atoms with Gasteiger partial charge in [-0.05, 0) is 24.6 Å². The van der Waals surface area contributed by atoms with Crippen molar-refractivity contribution < 1.29 is 4.79 Å². The molecule has 2 heterocycles. The number of para-hydroxylation sites is 1. The Morgan fingerprint density at radius 1 is 0.963 bits per heavy atom. The Kier molecular flexibility index (Phi) is 4.30. The largest absolute Gasteiger partial charge is 0.305 e. The number of hydrogen-bond donors (Lipinski definition) is 1. The molecule has 27 heavy (non-hydrogen) atoms. The Morgan fingerprint density at radius 2 is 1.70 bits per heavy atom. The van der Waals surface area contributed by atoms with Crippen molar-refractivity contribution >= 4 is 11.7 Å². The molecule has 0 saturated heterocycles. The molecule has 1 N–H and O–H groups in total. The molecule has 0 atom stereocenters. The summed E-state index contributed by atoms with van der Waals surface area (Å²) >= 11 is 0. The highest BCUT2D eigenvalue weighted by molar-refractivity contribution is 6.07. The first-order valence-electron chi connectivity index (χ1n) is 8.64. The lowest BCUT2D eigenvalue weighted by atomic mass is 10.0. The van der Waals surface area contributed by atoms with E-state index in [9.17, 15) is 4.79 Å². The first-order valence-corrected chi connectivity index (χ1v) is 8.64. The summed E-state index contributed by atoms with van der Waals surface area (Å²) < 4.78 is 3.38. The molecule has 0 aliphatic heterocycles. The Balaban J connectivity index is 1.80. The molecule has 0 spiro atoms. The monoisotopic (exact) mass is 357 g/mol. The van der Waals surface area contributed by atoms with Gasteiger partial charge in [-0.25, -0.2) is 4.68 Å². The van der Waals surface area contributed by atoms with E-state index in [0.717, 1.165) is 16.8 Å². The van der Waals surface area contributed by atoms with Crippen LogP contribution in [0, 0.1) is 6.92 Å². The van der Waals surface area contributed by atoms with Gasteiger partial charge in [-0.1, -0.05) is 42.5 Å². The van der Waals surface area contributed by atoms with E-state index in [0.29, 0.717) is 17.1 Å². The number of nitrogens with zero attached hydrogens (tertiary/aromatic N) is 4. The summed E-state index contributed by atoms with van der Waals surface area (Å²) in [5.74, 6) is 0.264. The molecule has 2 aromatic carbocycles. The molecule has 0 bridgehead atoms. The van der Waals surface area contributed by atoms with Crippen LogP contribution in [0.2, 0.25) is 0 Å². The van der Waals surface area contributed by atoms with E-state index >= 15 is 0 Å². The van der Waals surface area contributed by atoms with E-state index in [1.165, 1.54) is 0 Å². The van der Waals surface area contributed by atoms with Gasteiger partial charge in [0, 0.05) is 31.1 Å². The van der Waals surface area contributed by atoms with Crippen molar-refractivity contribution in [1.82, 2.24) is 19.6 Å². The maximum atomic E-state index is 13.0. The Bertz CT molecular complexity index is 1090. The van der Waals surface area contributed by atoms with Gasteiger partial charge in [0.1, 0.15) is 5.69 Å². The van der Waals surface area contributed by atoms with Gasteiger partial charge in [0.15, 0.2) is 5.82 Å². The fraction of sp³-hybridized carbons (Fsp3) is 0.0952. The van der Waals surface area contributed by atoms with Gasteiger partial charge in [-0.15, -0.1) is 0 Å². The summed E-state index contributed by atoms with van der Waals surface area (Å²) in [7, 11) is 1.81. The molecule has 1 amide bonds. The second-order valence-electron chi connectivity index (χ2n) is 6.32. The van der Waals surface area contributed by atoms with Gasteiger partial charge in [0.25, 0.3) is 5.91 Å². The Morgan fingerprint density at radius 3 is 2.41 bits per heavy atom. The van der Waals surface area contributed by atoms with Crippen LogP contribution in [0.5, 0.6) is 0 Å². The van der Waals surface area contributed by atoms with Gasteiger partial charge in [0.2, 0.25) is 0 Å². The highest BCUT2D eigenvalue weighted by Gasteiger charge is 2.20. The Labute approximate surface area is 157 Å². The second-order valence-corrected chi connectivity index (χ2v) is 6.32. The quantitative estimate of drug-likeness (QED) is 0.604. The van der Waals surface area contributed by atoms with Gasteiger partial charge < -0.3 is 5.32 Å². The van der Waals surface area contributed by atoms with Crippen LogP contribution in [-0.4, -0.2) is 25.5 Å². The molecule has 0 radical (unpaired) electrons. The average molecular weight is 357 g/mol. The highest BCUT2D eigenvalue weighted by atomic mass is 16.1. The van der Waals surface area contributed by atoms with E-state index in [1.807, 2.05) is 68.6 Å². The summed E-state index contributed by atoms with van der Waals surface area (Å²) in [6.45, 7) is 2.01. The number of hydrogen-bond acceptors (Lipinski definition) is 3. The van der Waals surface area contributed by atoms with E-state index in [2.05, 4.69) is 10.4 Å². The number of carbonyl (C=O) groups is 1. The van der Waals surface area contributed by atoms with Crippen LogP contribution >= 0.6 is 0 Å². The molecular weight excluding hydrogens is 338 g/mol. The summed E-state index contributed by atoms with van der Waals surface area (Å²) in [6, 6.07) is 19.4. The molecule has 0 aliphatic carbocycles. The van der Waals surface area contributed by atoms with E-state index in [4.69, 9.17) is 5.10 Å². The summed E-state index contributed by atoms with van der Waals surface area (Å²) in [5, 5.41) is 11.8. The average Bonchev–Trinajstić information content (AvgIpc) is 3.29. The molecule has 2 aromatic heterocycles. The number of aromatic nitrogens is 4. The third kappa shape index (κ3) is 3.37. The normalized spacial score (nSPS) is 10.7. The lowest BCUT2D eigenvalue weighted by Crippen LogP contribution is -2.13. The zero-order valence-electron chi connectivity index (χ0n) is 15.1. The van der Waals surface area contributed by atoms with Crippen molar-refractivity contribution in [3.05, 3.63) is 84.2 Å². The lowest BCUT2D eigenvalue weighted by molar-refractivity contribution is 0.102. The third-order valence-corrected chi connectivity index (χ3v) is 4.34. The van der Waals surface area contributed by atoms with Crippen LogP contribution in [0.4, 0.5) is 5.82 Å². The second kappa shape index (κ2) is 6.92. The Hall–Kier alpha value is -3.67. The molecule has 0 fully saturated rings. The number of benzene rings is 2. The minimum absolute atomic E-state index is 0.242. The standard InChI is InChI=1S/C21H19N5O/c1-15-8-6-7-11-17(15)20-18(21(27)22-19-12-13-25(2)23-19)14-26(24-20)16-9-4-3-5-10-16/h3-14H,1-2H3,(H,22,23,27). The van der Waals surface area contributed by atoms with E-state index in [1.54, 1.807) is 27.8 Å². The number of aryl methyl sites for hydroxylation is 2. The molecular formula is C21H19N5O. The lowest BCUT2D eigenvalue weighted by Gasteiger charge is -2.05. The molecule has 6 nitrogen and oxygen atoms in total. The van der Waals surface area contributed by atoms with Crippen molar-refractivity contribution in [3.8, 4) is 16.9 Å². The summed E-state index contributed by atoms with van der Waals surface area (Å²) in [5.41, 5.74) is 4.02. The highest BCUT2D eigenvalue weighted by Crippen LogP contribution is 2.27. The number of amides is 1. The number of anilines is 1. The van der Waals surface area contributed by atoms with Crippen LogP contribution in [0.1, 0.15) is 15.9 Å². The molecule has 4 rings (SSSR count). The molecule has 6 heteroatoms. The minimum Gasteiger partial charge on any atom is -0.305 e. The van der Waals surface area contributed by atoms with Crippen molar-refractivity contribution in [3.63, 3.8) is 0 Å². The molecule has 0 aliphatic rings. The number of rotatable bonds is 4. The predicted octanol–water partition coefficient (Wildman–Crippen LogP) is 3.83. The number of carbonyl (C=O) groups excluding carboxylic acids is 1. The summed E-state index contributed by atoms with van der Waals surface area (Å²) in [4.78, 5) is 13.0. The SMILES string of the molecule is Cc1ccccc1-c1nn(-c2ccccc2)cc1C(=O)Nc1ccn(C)n1. The molecule has 0 saturated carbocycles. The maximum absolute atomic E-state index is 13.0. The zero-order valence-corrected chi connectivity index (χ0v) is 15.1. The summed E-state index contributed by atoms with van der Waals surface area (Å²) in [6.07, 6.45) is 3.54. The maximum Gasteiger partial charge on any atom is 0.260 e. The molecule has 134 valence electrons. The fourth-order valence-corrected chi connectivity index (χ4v) is 2.96. The first-order chi connectivity index (χ1) is 13.1. The van der Waals surface area contributed by atoms with Gasteiger partial charge in [-0.2, -0.15) is 10.2 Å². The van der Waals surface area contributed by atoms with Gasteiger partial charge in [-0.3, -0.25) is 9.48 Å². The predicted molar refractivity (Wildman–Crippen MR) is 105 cm³/mol. The zero-order chi connectivity index (χ0) is 18.8. The van der Waals surface area contributed by atoms with E-state index < -0.39 is 0 Å². The van der Waals surface area contributed by atoms with Crippen LogP contribution in [0.25, 0.3) is 16.9 Å². The topological polar surface area (TPSA) is 64.7 Å². The third-order valence-electron chi connectivity index (χ3n) is 4.34. The van der Waals surface area contributed by atoms with Crippen molar-refractivity contribution in [2.45, 2.75) is 6.92 Å². The first kappa shape index (κ1) is 16.8. The van der Waals surface area contributed by atoms with Crippen LogP contribution < -0.4 is 5.32 Å². The molecule has 4 aromatic rings. The fourth-order valence-electron chi connectivity index (χ4n) is 2.96. The van der Waals surface area contributed by atoms with Crippen molar-refractivity contribution in [2.75, 3.05) is 5.32 Å². The van der Waals surface area contributed by atoms with Gasteiger partial charge >= 0.3 is 0 Å². The van der Waals surface area contributed by atoms with Crippen LogP contribution in [0.15, 0.2) is 73.1 Å². The smallest absolute Gasteiger partial charge is 0.260 e. The van der Waals surface area contributed by atoms with Crippen LogP contribution in [0.3, 0.4) is 0 Å².